The SMILES string of the molecule is COc1ccc2c(N)nc(C(=O)O)nc2c1. The molecular formula is C10H9N3O3. The summed E-state index contributed by atoms with van der Waals surface area (Å²) in [5.74, 6) is -0.804. The van der Waals surface area contributed by atoms with Crippen molar-refractivity contribution in [3.05, 3.63) is 24.0 Å². The van der Waals surface area contributed by atoms with Gasteiger partial charge in [-0.05, 0) is 12.1 Å². The molecule has 3 N–H and O–H groups in total. The Balaban J connectivity index is 2.72. The minimum Gasteiger partial charge on any atom is -0.497 e. The van der Waals surface area contributed by atoms with Gasteiger partial charge in [0, 0.05) is 11.5 Å². The van der Waals surface area contributed by atoms with E-state index in [4.69, 9.17) is 15.6 Å². The van der Waals surface area contributed by atoms with Gasteiger partial charge in [-0.15, -0.1) is 0 Å². The molecule has 1 heterocycles. The van der Waals surface area contributed by atoms with Crippen molar-refractivity contribution in [2.45, 2.75) is 0 Å². The number of aromatic nitrogens is 2. The molecule has 0 spiro atoms. The Hall–Kier alpha value is -2.37. The number of rotatable bonds is 2. The highest BCUT2D eigenvalue weighted by molar-refractivity contribution is 5.93. The normalized spacial score (nSPS) is 10.3. The van der Waals surface area contributed by atoms with Crippen LogP contribution in [0.15, 0.2) is 18.2 Å². The molecule has 82 valence electrons. The quantitative estimate of drug-likeness (QED) is 0.779. The molecule has 0 atom stereocenters. The van der Waals surface area contributed by atoms with Crippen molar-refractivity contribution in [1.82, 2.24) is 9.97 Å². The molecule has 16 heavy (non-hydrogen) atoms. The third-order valence-electron chi connectivity index (χ3n) is 2.12. The third-order valence-corrected chi connectivity index (χ3v) is 2.12. The van der Waals surface area contributed by atoms with Gasteiger partial charge in [0.25, 0.3) is 0 Å². The molecule has 2 rings (SSSR count). The summed E-state index contributed by atoms with van der Waals surface area (Å²) in [4.78, 5) is 18.3. The van der Waals surface area contributed by atoms with Crippen LogP contribution in [-0.4, -0.2) is 28.2 Å². The van der Waals surface area contributed by atoms with Crippen molar-refractivity contribution in [2.24, 2.45) is 0 Å². The largest absolute Gasteiger partial charge is 0.497 e. The number of nitrogen functional groups attached to an aromatic ring is 1. The average molecular weight is 219 g/mol. The molecule has 0 aliphatic heterocycles. The first-order valence-electron chi connectivity index (χ1n) is 4.46. The molecular weight excluding hydrogens is 210 g/mol. The van der Waals surface area contributed by atoms with Gasteiger partial charge in [-0.1, -0.05) is 0 Å². The van der Waals surface area contributed by atoms with E-state index in [0.29, 0.717) is 16.7 Å². The molecule has 0 bridgehead atoms. The molecule has 6 nitrogen and oxygen atoms in total. The van der Waals surface area contributed by atoms with Gasteiger partial charge < -0.3 is 15.6 Å². The summed E-state index contributed by atoms with van der Waals surface area (Å²) in [5, 5.41) is 9.39. The summed E-state index contributed by atoms with van der Waals surface area (Å²) in [6.45, 7) is 0. The number of carbonyl (C=O) groups is 1. The summed E-state index contributed by atoms with van der Waals surface area (Å²) < 4.78 is 5.01. The van der Waals surface area contributed by atoms with Crippen LogP contribution in [0.5, 0.6) is 5.75 Å². The van der Waals surface area contributed by atoms with Crippen molar-refractivity contribution in [3.8, 4) is 5.75 Å². The first-order chi connectivity index (χ1) is 7.61. The predicted molar refractivity (Wildman–Crippen MR) is 57.5 cm³/mol. The van der Waals surface area contributed by atoms with Crippen molar-refractivity contribution in [3.63, 3.8) is 0 Å². The van der Waals surface area contributed by atoms with Gasteiger partial charge >= 0.3 is 5.97 Å². The number of aromatic carboxylic acids is 1. The lowest BCUT2D eigenvalue weighted by Crippen LogP contribution is -2.07. The number of hydrogen-bond donors (Lipinski definition) is 2. The lowest BCUT2D eigenvalue weighted by atomic mass is 10.2. The number of methoxy groups -OCH3 is 1. The summed E-state index contributed by atoms with van der Waals surface area (Å²) in [6, 6.07) is 5.01. The Bertz CT molecular complexity index is 568. The fraction of sp³-hybridized carbons (Fsp3) is 0.100. The molecule has 1 aromatic carbocycles. The van der Waals surface area contributed by atoms with Crippen molar-refractivity contribution in [1.29, 1.82) is 0 Å². The number of carboxylic acids is 1. The Labute approximate surface area is 90.7 Å². The van der Waals surface area contributed by atoms with Crippen LogP contribution in [0.2, 0.25) is 0 Å². The highest BCUT2D eigenvalue weighted by Crippen LogP contribution is 2.22. The Morgan fingerprint density at radius 1 is 1.44 bits per heavy atom. The van der Waals surface area contributed by atoms with Gasteiger partial charge in [-0.25, -0.2) is 14.8 Å². The molecule has 0 amide bonds. The maximum atomic E-state index is 10.7. The number of ether oxygens (including phenoxy) is 1. The monoisotopic (exact) mass is 219 g/mol. The summed E-state index contributed by atoms with van der Waals surface area (Å²) >= 11 is 0. The molecule has 1 aromatic heterocycles. The molecule has 0 aliphatic rings. The topological polar surface area (TPSA) is 98.3 Å². The number of carboxylic acid groups (broad SMARTS) is 1. The Morgan fingerprint density at radius 2 is 2.19 bits per heavy atom. The molecule has 2 aromatic rings. The van der Waals surface area contributed by atoms with Crippen molar-refractivity contribution < 1.29 is 14.6 Å². The standard InChI is InChI=1S/C10H9N3O3/c1-16-5-2-3-6-7(4-5)12-9(10(14)15)13-8(6)11/h2-4H,1H3,(H,14,15)(H2,11,12,13). The van der Waals surface area contributed by atoms with E-state index in [0.717, 1.165) is 0 Å². The van der Waals surface area contributed by atoms with Crippen LogP contribution in [0.25, 0.3) is 10.9 Å². The van der Waals surface area contributed by atoms with Crippen LogP contribution < -0.4 is 10.5 Å². The average Bonchev–Trinajstić information content (AvgIpc) is 2.28. The molecule has 0 saturated carbocycles. The summed E-state index contributed by atoms with van der Waals surface area (Å²) in [7, 11) is 1.52. The molecule has 0 saturated heterocycles. The van der Waals surface area contributed by atoms with Crippen LogP contribution in [0.1, 0.15) is 10.6 Å². The van der Waals surface area contributed by atoms with E-state index in [2.05, 4.69) is 9.97 Å². The second-order valence-corrected chi connectivity index (χ2v) is 3.12. The number of nitrogens with two attached hydrogens (primary N) is 1. The first kappa shape index (κ1) is 10.2. The molecule has 0 fully saturated rings. The van der Waals surface area contributed by atoms with E-state index >= 15 is 0 Å². The molecule has 0 aliphatic carbocycles. The Morgan fingerprint density at radius 3 is 2.81 bits per heavy atom. The number of hydrogen-bond acceptors (Lipinski definition) is 5. The van der Waals surface area contributed by atoms with Crippen molar-refractivity contribution >= 4 is 22.7 Å². The zero-order valence-corrected chi connectivity index (χ0v) is 8.47. The summed E-state index contributed by atoms with van der Waals surface area (Å²) in [6.07, 6.45) is 0. The maximum absolute atomic E-state index is 10.7. The van der Waals surface area contributed by atoms with Crippen LogP contribution in [0.4, 0.5) is 5.82 Å². The highest BCUT2D eigenvalue weighted by atomic mass is 16.5. The van der Waals surface area contributed by atoms with Crippen LogP contribution in [0.3, 0.4) is 0 Å². The minimum atomic E-state index is -1.21. The minimum absolute atomic E-state index is 0.144. The fourth-order valence-electron chi connectivity index (χ4n) is 1.36. The Kier molecular flexibility index (Phi) is 2.32. The second-order valence-electron chi connectivity index (χ2n) is 3.12. The van der Waals surface area contributed by atoms with Crippen LogP contribution in [0, 0.1) is 0 Å². The first-order valence-corrected chi connectivity index (χ1v) is 4.46. The van der Waals surface area contributed by atoms with E-state index in [1.54, 1.807) is 18.2 Å². The van der Waals surface area contributed by atoms with Gasteiger partial charge in [0.15, 0.2) is 0 Å². The van der Waals surface area contributed by atoms with Gasteiger partial charge in [0.05, 0.1) is 12.6 Å². The van der Waals surface area contributed by atoms with E-state index < -0.39 is 5.97 Å². The zero-order valence-electron chi connectivity index (χ0n) is 8.47. The van der Waals surface area contributed by atoms with E-state index in [-0.39, 0.29) is 11.6 Å². The van der Waals surface area contributed by atoms with Gasteiger partial charge in [-0.2, -0.15) is 0 Å². The maximum Gasteiger partial charge on any atom is 0.374 e. The van der Waals surface area contributed by atoms with E-state index in [1.165, 1.54) is 7.11 Å². The number of fused-ring (bicyclic) bond motifs is 1. The molecule has 0 radical (unpaired) electrons. The van der Waals surface area contributed by atoms with Gasteiger partial charge in [0.2, 0.25) is 5.82 Å². The van der Waals surface area contributed by atoms with Crippen LogP contribution in [-0.2, 0) is 0 Å². The predicted octanol–water partition coefficient (Wildman–Crippen LogP) is 0.919. The molecule has 6 heteroatoms. The fourth-order valence-corrected chi connectivity index (χ4v) is 1.36. The summed E-state index contributed by atoms with van der Waals surface area (Å²) in [5.41, 5.74) is 6.08. The number of nitrogens with zero attached hydrogens (tertiary/aromatic N) is 2. The zero-order chi connectivity index (χ0) is 11.7. The lowest BCUT2D eigenvalue weighted by Gasteiger charge is -2.04. The highest BCUT2D eigenvalue weighted by Gasteiger charge is 2.11. The van der Waals surface area contributed by atoms with Crippen LogP contribution >= 0.6 is 0 Å². The lowest BCUT2D eigenvalue weighted by molar-refractivity contribution is 0.0684. The number of anilines is 1. The van der Waals surface area contributed by atoms with Gasteiger partial charge in [0.1, 0.15) is 11.6 Å². The molecule has 0 unspecified atom stereocenters. The second kappa shape index (κ2) is 3.65. The number of benzene rings is 1. The van der Waals surface area contributed by atoms with E-state index in [1.807, 2.05) is 0 Å². The third kappa shape index (κ3) is 1.60. The van der Waals surface area contributed by atoms with Gasteiger partial charge in [-0.3, -0.25) is 0 Å². The van der Waals surface area contributed by atoms with Crippen molar-refractivity contribution in [2.75, 3.05) is 12.8 Å². The smallest absolute Gasteiger partial charge is 0.374 e. The van der Waals surface area contributed by atoms with E-state index in [9.17, 15) is 4.79 Å².